The first-order valence-corrected chi connectivity index (χ1v) is 6.93. The fraction of sp³-hybridized carbons (Fsp3) is 0.333. The fourth-order valence-corrected chi connectivity index (χ4v) is 2.60. The predicted octanol–water partition coefficient (Wildman–Crippen LogP) is 1.49. The van der Waals surface area contributed by atoms with Crippen LogP contribution in [0.25, 0.3) is 0 Å². The Morgan fingerprint density at radius 2 is 2.00 bits per heavy atom. The highest BCUT2D eigenvalue weighted by Crippen LogP contribution is 2.22. The molecule has 1 atom stereocenters. The summed E-state index contributed by atoms with van der Waals surface area (Å²) in [4.78, 5) is 0. The van der Waals surface area contributed by atoms with Gasteiger partial charge in [-0.2, -0.15) is 0 Å². The third-order valence-electron chi connectivity index (χ3n) is 1.79. The standard InChI is InChI=1S/C9H12BrNO2S/c1-14(12,13)6-9(11)7-4-2-3-5-8(7)10/h2-5,9H,6,11H2,1H3/t9-/m0/s1. The van der Waals surface area contributed by atoms with Crippen LogP contribution in [0.1, 0.15) is 11.6 Å². The lowest BCUT2D eigenvalue weighted by Crippen LogP contribution is -2.21. The maximum Gasteiger partial charge on any atom is 0.149 e. The summed E-state index contributed by atoms with van der Waals surface area (Å²) >= 11 is 3.33. The summed E-state index contributed by atoms with van der Waals surface area (Å²) in [6, 6.07) is 6.89. The molecule has 14 heavy (non-hydrogen) atoms. The van der Waals surface area contributed by atoms with Crippen LogP contribution in [0.4, 0.5) is 0 Å². The molecule has 0 aliphatic heterocycles. The van der Waals surface area contributed by atoms with Gasteiger partial charge in [0.15, 0.2) is 0 Å². The second-order valence-electron chi connectivity index (χ2n) is 3.22. The summed E-state index contributed by atoms with van der Waals surface area (Å²) < 4.78 is 22.9. The van der Waals surface area contributed by atoms with Crippen molar-refractivity contribution in [2.45, 2.75) is 6.04 Å². The highest BCUT2D eigenvalue weighted by molar-refractivity contribution is 9.10. The quantitative estimate of drug-likeness (QED) is 0.911. The van der Waals surface area contributed by atoms with E-state index < -0.39 is 15.9 Å². The Morgan fingerprint density at radius 3 is 2.50 bits per heavy atom. The average Bonchev–Trinajstić information content (AvgIpc) is 2.01. The summed E-state index contributed by atoms with van der Waals surface area (Å²) in [6.45, 7) is 0. The van der Waals surface area contributed by atoms with Gasteiger partial charge in [-0.05, 0) is 11.6 Å². The Bertz CT molecular complexity index is 417. The van der Waals surface area contributed by atoms with Gasteiger partial charge in [-0.15, -0.1) is 0 Å². The van der Waals surface area contributed by atoms with Gasteiger partial charge in [0.1, 0.15) is 9.84 Å². The zero-order chi connectivity index (χ0) is 10.8. The SMILES string of the molecule is CS(=O)(=O)C[C@H](N)c1ccccc1Br. The molecule has 1 aromatic carbocycles. The smallest absolute Gasteiger partial charge is 0.149 e. The van der Waals surface area contributed by atoms with Crippen LogP contribution in [-0.4, -0.2) is 20.4 Å². The molecule has 1 aromatic rings. The molecule has 0 unspecified atom stereocenters. The largest absolute Gasteiger partial charge is 0.323 e. The summed E-state index contributed by atoms with van der Waals surface area (Å²) in [5.74, 6) is -0.0321. The van der Waals surface area contributed by atoms with Crippen molar-refractivity contribution >= 4 is 25.8 Å². The monoisotopic (exact) mass is 277 g/mol. The highest BCUT2D eigenvalue weighted by Gasteiger charge is 2.14. The molecule has 0 aliphatic carbocycles. The lowest BCUT2D eigenvalue weighted by molar-refractivity contribution is 0.594. The molecule has 0 fully saturated rings. The van der Waals surface area contributed by atoms with Crippen LogP contribution in [0, 0.1) is 0 Å². The van der Waals surface area contributed by atoms with Crippen molar-refractivity contribution in [2.75, 3.05) is 12.0 Å². The molecule has 1 rings (SSSR count). The van der Waals surface area contributed by atoms with Gasteiger partial charge in [0.05, 0.1) is 5.75 Å². The third kappa shape index (κ3) is 3.40. The molecule has 0 amide bonds. The van der Waals surface area contributed by atoms with Crippen molar-refractivity contribution in [1.29, 1.82) is 0 Å². The molecule has 78 valence electrons. The average molecular weight is 278 g/mol. The van der Waals surface area contributed by atoms with Gasteiger partial charge in [0.25, 0.3) is 0 Å². The van der Waals surface area contributed by atoms with Gasteiger partial charge in [0.2, 0.25) is 0 Å². The molecular formula is C9H12BrNO2S. The Kier molecular flexibility index (Phi) is 3.69. The van der Waals surface area contributed by atoms with Crippen molar-refractivity contribution in [2.24, 2.45) is 5.73 Å². The zero-order valence-corrected chi connectivity index (χ0v) is 10.2. The second kappa shape index (κ2) is 4.42. The topological polar surface area (TPSA) is 60.2 Å². The number of rotatable bonds is 3. The summed E-state index contributed by atoms with van der Waals surface area (Å²) in [5.41, 5.74) is 6.59. The molecule has 0 bridgehead atoms. The van der Waals surface area contributed by atoms with Gasteiger partial charge in [-0.1, -0.05) is 34.1 Å². The Labute approximate surface area is 92.4 Å². The van der Waals surface area contributed by atoms with E-state index in [9.17, 15) is 8.42 Å². The molecule has 0 aliphatic rings. The van der Waals surface area contributed by atoms with Crippen LogP contribution in [0.5, 0.6) is 0 Å². The third-order valence-corrected chi connectivity index (χ3v) is 3.47. The lowest BCUT2D eigenvalue weighted by Gasteiger charge is -2.12. The summed E-state index contributed by atoms with van der Waals surface area (Å²) in [6.07, 6.45) is 1.18. The Morgan fingerprint density at radius 1 is 1.43 bits per heavy atom. The van der Waals surface area contributed by atoms with E-state index in [-0.39, 0.29) is 5.75 Å². The van der Waals surface area contributed by atoms with Crippen molar-refractivity contribution in [3.05, 3.63) is 34.3 Å². The number of benzene rings is 1. The number of hydrogen-bond acceptors (Lipinski definition) is 3. The molecule has 0 saturated carbocycles. The van der Waals surface area contributed by atoms with E-state index in [1.165, 1.54) is 6.26 Å². The molecule has 0 spiro atoms. The molecule has 0 heterocycles. The van der Waals surface area contributed by atoms with Crippen LogP contribution < -0.4 is 5.73 Å². The van der Waals surface area contributed by atoms with Crippen LogP contribution in [-0.2, 0) is 9.84 Å². The molecular weight excluding hydrogens is 266 g/mol. The fourth-order valence-electron chi connectivity index (χ4n) is 1.19. The highest BCUT2D eigenvalue weighted by atomic mass is 79.9. The van der Waals surface area contributed by atoms with Crippen LogP contribution in [0.2, 0.25) is 0 Å². The van der Waals surface area contributed by atoms with Crippen LogP contribution in [0.3, 0.4) is 0 Å². The van der Waals surface area contributed by atoms with Gasteiger partial charge in [-0.25, -0.2) is 8.42 Å². The molecule has 3 nitrogen and oxygen atoms in total. The van der Waals surface area contributed by atoms with Crippen LogP contribution in [0.15, 0.2) is 28.7 Å². The lowest BCUT2D eigenvalue weighted by atomic mass is 10.1. The van der Waals surface area contributed by atoms with E-state index in [1.54, 1.807) is 0 Å². The summed E-state index contributed by atoms with van der Waals surface area (Å²) in [5, 5.41) is 0. The minimum absolute atomic E-state index is 0.0321. The summed E-state index contributed by atoms with van der Waals surface area (Å²) in [7, 11) is -3.03. The predicted molar refractivity (Wildman–Crippen MR) is 60.8 cm³/mol. The minimum Gasteiger partial charge on any atom is -0.323 e. The van der Waals surface area contributed by atoms with Gasteiger partial charge >= 0.3 is 0 Å². The zero-order valence-electron chi connectivity index (χ0n) is 7.77. The first-order valence-electron chi connectivity index (χ1n) is 4.08. The maximum absolute atomic E-state index is 11.0. The van der Waals surface area contributed by atoms with E-state index in [1.807, 2.05) is 24.3 Å². The van der Waals surface area contributed by atoms with Crippen molar-refractivity contribution in [3.63, 3.8) is 0 Å². The van der Waals surface area contributed by atoms with Gasteiger partial charge in [-0.3, -0.25) is 0 Å². The molecule has 5 heteroatoms. The van der Waals surface area contributed by atoms with Crippen molar-refractivity contribution in [1.82, 2.24) is 0 Å². The first kappa shape index (κ1) is 11.7. The van der Waals surface area contributed by atoms with Gasteiger partial charge < -0.3 is 5.73 Å². The molecule has 0 aromatic heterocycles. The minimum atomic E-state index is -3.03. The number of halogens is 1. The van der Waals surface area contributed by atoms with Crippen molar-refractivity contribution in [3.8, 4) is 0 Å². The second-order valence-corrected chi connectivity index (χ2v) is 6.26. The van der Waals surface area contributed by atoms with E-state index >= 15 is 0 Å². The normalized spacial score (nSPS) is 13.9. The molecule has 2 N–H and O–H groups in total. The maximum atomic E-state index is 11.0. The number of nitrogens with two attached hydrogens (primary N) is 1. The van der Waals surface area contributed by atoms with E-state index in [4.69, 9.17) is 5.73 Å². The Balaban J connectivity index is 2.90. The Hall–Kier alpha value is -0.390. The van der Waals surface area contributed by atoms with E-state index in [2.05, 4.69) is 15.9 Å². The number of hydrogen-bond donors (Lipinski definition) is 1. The van der Waals surface area contributed by atoms with E-state index in [0.29, 0.717) is 0 Å². The van der Waals surface area contributed by atoms with Crippen molar-refractivity contribution < 1.29 is 8.42 Å². The number of sulfone groups is 1. The van der Waals surface area contributed by atoms with Gasteiger partial charge in [0, 0.05) is 16.8 Å². The first-order chi connectivity index (χ1) is 6.40. The molecule has 0 radical (unpaired) electrons. The molecule has 0 saturated heterocycles. The van der Waals surface area contributed by atoms with Crippen LogP contribution >= 0.6 is 15.9 Å². The van der Waals surface area contributed by atoms with E-state index in [0.717, 1.165) is 10.0 Å².